The van der Waals surface area contributed by atoms with Crippen LogP contribution in [0.25, 0.3) is 11.1 Å². The number of nitrogens with zero attached hydrogens (tertiary/aromatic N) is 1. The van der Waals surface area contributed by atoms with Crippen molar-refractivity contribution >= 4 is 11.1 Å². The van der Waals surface area contributed by atoms with Gasteiger partial charge in [0.05, 0.1) is 0 Å². The van der Waals surface area contributed by atoms with Crippen molar-refractivity contribution in [3.05, 3.63) is 30.2 Å². The first-order valence-electron chi connectivity index (χ1n) is 6.09. The first kappa shape index (κ1) is 10.7. The SMILES string of the molecule is NC1CC(CNCc2ccc3ncoc3c2)C1. The zero-order valence-electron chi connectivity index (χ0n) is 9.73. The minimum atomic E-state index is 0.437. The van der Waals surface area contributed by atoms with Gasteiger partial charge in [0.1, 0.15) is 5.52 Å². The van der Waals surface area contributed by atoms with Crippen molar-refractivity contribution < 1.29 is 4.42 Å². The number of nitrogens with two attached hydrogens (primary N) is 1. The molecule has 1 aromatic carbocycles. The van der Waals surface area contributed by atoms with Gasteiger partial charge in [0.2, 0.25) is 0 Å². The maximum Gasteiger partial charge on any atom is 0.181 e. The Hall–Kier alpha value is -1.39. The van der Waals surface area contributed by atoms with Crippen LogP contribution in [0.15, 0.2) is 29.0 Å². The van der Waals surface area contributed by atoms with Crippen LogP contribution >= 0.6 is 0 Å². The maximum absolute atomic E-state index is 5.75. The van der Waals surface area contributed by atoms with Gasteiger partial charge in [-0.2, -0.15) is 0 Å². The topological polar surface area (TPSA) is 64.1 Å². The summed E-state index contributed by atoms with van der Waals surface area (Å²) in [7, 11) is 0. The Bertz CT molecular complexity index is 502. The number of aromatic nitrogens is 1. The highest BCUT2D eigenvalue weighted by Gasteiger charge is 2.24. The van der Waals surface area contributed by atoms with E-state index in [1.165, 1.54) is 12.0 Å². The second-order valence-corrected chi connectivity index (χ2v) is 4.88. The molecular formula is C13H17N3O. The van der Waals surface area contributed by atoms with Gasteiger partial charge >= 0.3 is 0 Å². The molecule has 1 aromatic heterocycles. The van der Waals surface area contributed by atoms with E-state index in [0.29, 0.717) is 6.04 Å². The highest BCUT2D eigenvalue weighted by Crippen LogP contribution is 2.24. The normalized spacial score (nSPS) is 23.8. The number of hydrogen-bond acceptors (Lipinski definition) is 4. The van der Waals surface area contributed by atoms with Crippen LogP contribution in [0.4, 0.5) is 0 Å². The van der Waals surface area contributed by atoms with E-state index in [4.69, 9.17) is 10.2 Å². The third kappa shape index (κ3) is 2.33. The minimum Gasteiger partial charge on any atom is -0.443 e. The first-order chi connectivity index (χ1) is 8.31. The molecule has 90 valence electrons. The van der Waals surface area contributed by atoms with Crippen LogP contribution in [-0.4, -0.2) is 17.6 Å². The molecule has 0 aliphatic heterocycles. The molecule has 0 bridgehead atoms. The lowest BCUT2D eigenvalue weighted by atomic mass is 9.81. The van der Waals surface area contributed by atoms with Crippen LogP contribution in [0.2, 0.25) is 0 Å². The van der Waals surface area contributed by atoms with E-state index in [9.17, 15) is 0 Å². The van der Waals surface area contributed by atoms with E-state index in [1.54, 1.807) is 0 Å². The van der Waals surface area contributed by atoms with Crippen LogP contribution in [0.5, 0.6) is 0 Å². The zero-order chi connectivity index (χ0) is 11.7. The number of fused-ring (bicyclic) bond motifs is 1. The Morgan fingerprint density at radius 2 is 2.29 bits per heavy atom. The summed E-state index contributed by atoms with van der Waals surface area (Å²) in [6.45, 7) is 1.94. The molecule has 4 nitrogen and oxygen atoms in total. The van der Waals surface area contributed by atoms with Gasteiger partial charge in [-0.05, 0) is 43.0 Å². The van der Waals surface area contributed by atoms with Crippen molar-refractivity contribution in [2.75, 3.05) is 6.54 Å². The Kier molecular flexibility index (Phi) is 2.82. The number of benzene rings is 1. The Morgan fingerprint density at radius 3 is 3.12 bits per heavy atom. The summed E-state index contributed by atoms with van der Waals surface area (Å²) in [5.74, 6) is 0.763. The molecule has 0 unspecified atom stereocenters. The zero-order valence-corrected chi connectivity index (χ0v) is 9.73. The van der Waals surface area contributed by atoms with Gasteiger partial charge in [0, 0.05) is 12.6 Å². The summed E-state index contributed by atoms with van der Waals surface area (Å²) < 4.78 is 5.28. The van der Waals surface area contributed by atoms with Crippen molar-refractivity contribution in [3.63, 3.8) is 0 Å². The minimum absolute atomic E-state index is 0.437. The first-order valence-corrected chi connectivity index (χ1v) is 6.09. The highest BCUT2D eigenvalue weighted by atomic mass is 16.3. The molecule has 17 heavy (non-hydrogen) atoms. The predicted molar refractivity (Wildman–Crippen MR) is 66.4 cm³/mol. The van der Waals surface area contributed by atoms with Gasteiger partial charge < -0.3 is 15.5 Å². The molecule has 1 fully saturated rings. The van der Waals surface area contributed by atoms with E-state index in [-0.39, 0.29) is 0 Å². The molecule has 4 heteroatoms. The molecule has 2 aromatic rings. The average molecular weight is 231 g/mol. The van der Waals surface area contributed by atoms with Gasteiger partial charge in [0.15, 0.2) is 12.0 Å². The van der Waals surface area contributed by atoms with Gasteiger partial charge in [-0.3, -0.25) is 0 Å². The van der Waals surface area contributed by atoms with Crippen molar-refractivity contribution in [2.45, 2.75) is 25.4 Å². The Labute approximate surface area is 100 Å². The van der Waals surface area contributed by atoms with E-state index in [2.05, 4.69) is 16.4 Å². The maximum atomic E-state index is 5.75. The molecule has 1 heterocycles. The second kappa shape index (κ2) is 4.47. The smallest absolute Gasteiger partial charge is 0.181 e. The summed E-state index contributed by atoms with van der Waals surface area (Å²) in [5.41, 5.74) is 8.76. The summed E-state index contributed by atoms with van der Waals surface area (Å²) in [6.07, 6.45) is 3.81. The van der Waals surface area contributed by atoms with Crippen molar-refractivity contribution in [3.8, 4) is 0 Å². The lowest BCUT2D eigenvalue weighted by molar-refractivity contribution is 0.256. The van der Waals surface area contributed by atoms with E-state index >= 15 is 0 Å². The lowest BCUT2D eigenvalue weighted by Gasteiger charge is -2.32. The molecule has 0 radical (unpaired) electrons. The Morgan fingerprint density at radius 1 is 1.41 bits per heavy atom. The molecule has 1 aliphatic rings. The average Bonchev–Trinajstić information content (AvgIpc) is 2.73. The largest absolute Gasteiger partial charge is 0.443 e. The predicted octanol–water partition coefficient (Wildman–Crippen LogP) is 1.65. The van der Waals surface area contributed by atoms with Crippen molar-refractivity contribution in [1.29, 1.82) is 0 Å². The molecule has 0 saturated heterocycles. The number of hydrogen-bond donors (Lipinski definition) is 2. The number of rotatable bonds is 4. The molecule has 3 N–H and O–H groups in total. The monoisotopic (exact) mass is 231 g/mol. The highest BCUT2D eigenvalue weighted by molar-refractivity contribution is 5.72. The van der Waals surface area contributed by atoms with E-state index in [1.807, 2.05) is 12.1 Å². The number of oxazole rings is 1. The van der Waals surface area contributed by atoms with Crippen LogP contribution in [0.1, 0.15) is 18.4 Å². The Balaban J connectivity index is 1.53. The third-order valence-corrected chi connectivity index (χ3v) is 3.43. The molecule has 0 spiro atoms. The molecule has 1 saturated carbocycles. The van der Waals surface area contributed by atoms with Crippen LogP contribution in [0.3, 0.4) is 0 Å². The van der Waals surface area contributed by atoms with Crippen molar-refractivity contribution in [2.24, 2.45) is 11.7 Å². The molecule has 3 rings (SSSR count). The fourth-order valence-electron chi connectivity index (χ4n) is 2.38. The lowest BCUT2D eigenvalue weighted by Crippen LogP contribution is -2.41. The molecule has 0 atom stereocenters. The van der Waals surface area contributed by atoms with Crippen LogP contribution < -0.4 is 11.1 Å². The van der Waals surface area contributed by atoms with Gasteiger partial charge in [-0.1, -0.05) is 6.07 Å². The van der Waals surface area contributed by atoms with Crippen LogP contribution in [-0.2, 0) is 6.54 Å². The summed E-state index contributed by atoms with van der Waals surface area (Å²) in [4.78, 5) is 4.10. The van der Waals surface area contributed by atoms with Crippen LogP contribution in [0, 0.1) is 5.92 Å². The van der Waals surface area contributed by atoms with Gasteiger partial charge in [-0.15, -0.1) is 0 Å². The fraction of sp³-hybridized carbons (Fsp3) is 0.462. The summed E-state index contributed by atoms with van der Waals surface area (Å²) in [5, 5.41) is 3.46. The summed E-state index contributed by atoms with van der Waals surface area (Å²) >= 11 is 0. The molecule has 1 aliphatic carbocycles. The standard InChI is InChI=1S/C13H17N3O/c14-11-3-10(4-11)7-15-6-9-1-2-12-13(5-9)17-8-16-12/h1-2,5,8,10-11,15H,3-4,6-7,14H2. The second-order valence-electron chi connectivity index (χ2n) is 4.88. The number of nitrogens with one attached hydrogen (secondary N) is 1. The van der Waals surface area contributed by atoms with Gasteiger partial charge in [-0.25, -0.2) is 4.98 Å². The van der Waals surface area contributed by atoms with E-state index < -0.39 is 0 Å². The fourth-order valence-corrected chi connectivity index (χ4v) is 2.38. The molecule has 0 amide bonds. The molecular weight excluding hydrogens is 214 g/mol. The summed E-state index contributed by atoms with van der Waals surface area (Å²) in [6, 6.07) is 6.56. The third-order valence-electron chi connectivity index (χ3n) is 3.43. The van der Waals surface area contributed by atoms with Crippen molar-refractivity contribution in [1.82, 2.24) is 10.3 Å². The van der Waals surface area contributed by atoms with E-state index in [0.717, 1.165) is 42.9 Å². The quantitative estimate of drug-likeness (QED) is 0.840. The van der Waals surface area contributed by atoms with Gasteiger partial charge in [0.25, 0.3) is 0 Å².